The first-order chi connectivity index (χ1) is 21.1. The van der Waals surface area contributed by atoms with Gasteiger partial charge in [0.15, 0.2) is 0 Å². The molecule has 2 bridgehead atoms. The van der Waals surface area contributed by atoms with Gasteiger partial charge in [-0.2, -0.15) is 0 Å². The molecular formula is C31H59BN7O5. The SMILES string of the molecule is CC1(C)[C@@H]2CC3O[B]O[C@@]3(C)[C@H]1C2.NCCNCC(CNCCN)CC(=O)NCCCCCC(=O)NCC(=O)N1CCCC1. The molecule has 1 radical (unpaired) electrons. The predicted octanol–water partition coefficient (Wildman–Crippen LogP) is 0.265. The van der Waals surface area contributed by atoms with Gasteiger partial charge in [-0.3, -0.25) is 14.4 Å². The van der Waals surface area contributed by atoms with Crippen LogP contribution in [-0.4, -0.2) is 107 Å². The Kier molecular flexibility index (Phi) is 15.3. The van der Waals surface area contributed by atoms with Crippen LogP contribution < -0.4 is 32.7 Å². The highest BCUT2D eigenvalue weighted by atomic mass is 16.6. The molecular weight excluding hydrogens is 561 g/mol. The van der Waals surface area contributed by atoms with E-state index in [0.717, 1.165) is 77.3 Å². The quantitative estimate of drug-likeness (QED) is 0.0929. The highest BCUT2D eigenvalue weighted by Crippen LogP contribution is 2.65. The lowest BCUT2D eigenvalue weighted by Gasteiger charge is -2.64. The van der Waals surface area contributed by atoms with Crippen LogP contribution in [0.2, 0.25) is 0 Å². The number of carbonyl (C=O) groups is 3. The maximum atomic E-state index is 12.2. The third-order valence-corrected chi connectivity index (χ3v) is 10.1. The summed E-state index contributed by atoms with van der Waals surface area (Å²) < 4.78 is 11.2. The van der Waals surface area contributed by atoms with E-state index >= 15 is 0 Å². The summed E-state index contributed by atoms with van der Waals surface area (Å²) in [4.78, 5) is 37.8. The van der Waals surface area contributed by atoms with E-state index in [4.69, 9.17) is 20.8 Å². The van der Waals surface area contributed by atoms with E-state index in [1.54, 1.807) is 12.6 Å². The fourth-order valence-electron chi connectivity index (χ4n) is 7.18. The van der Waals surface area contributed by atoms with E-state index < -0.39 is 0 Å². The molecule has 3 aliphatic carbocycles. The summed E-state index contributed by atoms with van der Waals surface area (Å²) in [5, 5.41) is 12.2. The van der Waals surface area contributed by atoms with Crippen LogP contribution in [0, 0.1) is 23.2 Å². The first-order valence-electron chi connectivity index (χ1n) is 16.9. The first-order valence-corrected chi connectivity index (χ1v) is 16.9. The lowest BCUT2D eigenvalue weighted by Crippen LogP contribution is -2.65. The second-order valence-corrected chi connectivity index (χ2v) is 13.6. The van der Waals surface area contributed by atoms with E-state index in [9.17, 15) is 14.4 Å². The van der Waals surface area contributed by atoms with Crippen LogP contribution in [0.25, 0.3) is 0 Å². The van der Waals surface area contributed by atoms with E-state index in [0.29, 0.717) is 49.9 Å². The van der Waals surface area contributed by atoms with Gasteiger partial charge in [-0.1, -0.05) is 20.3 Å². The second-order valence-electron chi connectivity index (χ2n) is 13.6. The minimum Gasteiger partial charge on any atom is -0.407 e. The number of nitrogens with zero attached hydrogens (tertiary/aromatic N) is 1. The summed E-state index contributed by atoms with van der Waals surface area (Å²) in [7, 11) is 1.56. The monoisotopic (exact) mass is 620 g/mol. The molecule has 3 amide bonds. The number of likely N-dealkylation sites (tertiary alicyclic amines) is 1. The fourth-order valence-corrected chi connectivity index (χ4v) is 7.18. The van der Waals surface area contributed by atoms with Gasteiger partial charge in [0.05, 0.1) is 18.2 Å². The third-order valence-electron chi connectivity index (χ3n) is 10.1. The normalized spacial score (nSPS) is 26.2. The smallest absolute Gasteiger partial charge is 0.407 e. The van der Waals surface area contributed by atoms with Gasteiger partial charge in [-0.25, -0.2) is 0 Å². The van der Waals surface area contributed by atoms with E-state index in [-0.39, 0.29) is 35.8 Å². The summed E-state index contributed by atoms with van der Waals surface area (Å²) >= 11 is 0. The van der Waals surface area contributed by atoms with E-state index in [2.05, 4.69) is 42.0 Å². The molecule has 0 aromatic carbocycles. The van der Waals surface area contributed by atoms with E-state index in [1.807, 2.05) is 0 Å². The average molecular weight is 621 g/mol. The Morgan fingerprint density at radius 2 is 1.59 bits per heavy atom. The Bertz CT molecular complexity index is 897. The zero-order valence-corrected chi connectivity index (χ0v) is 27.5. The van der Waals surface area contributed by atoms with Crippen molar-refractivity contribution in [1.82, 2.24) is 26.2 Å². The summed E-state index contributed by atoms with van der Waals surface area (Å²) in [5.74, 6) is 1.67. The summed E-state index contributed by atoms with van der Waals surface area (Å²) in [6, 6.07) is 0. The lowest BCUT2D eigenvalue weighted by atomic mass is 9.43. The number of hydrogen-bond donors (Lipinski definition) is 6. The number of carbonyl (C=O) groups excluding carboxylic acids is 3. The Morgan fingerprint density at radius 1 is 0.909 bits per heavy atom. The molecule has 5 fully saturated rings. The third kappa shape index (κ3) is 10.7. The van der Waals surface area contributed by atoms with Crippen molar-refractivity contribution in [3.05, 3.63) is 0 Å². The molecule has 0 spiro atoms. The number of hydrogen-bond acceptors (Lipinski definition) is 9. The zero-order valence-electron chi connectivity index (χ0n) is 27.5. The van der Waals surface area contributed by atoms with Gasteiger partial charge in [-0.05, 0) is 81.7 Å². The maximum absolute atomic E-state index is 12.2. The Morgan fingerprint density at radius 3 is 2.23 bits per heavy atom. The molecule has 13 heteroatoms. The van der Waals surface area contributed by atoms with Crippen molar-refractivity contribution in [2.45, 2.75) is 90.3 Å². The zero-order chi connectivity index (χ0) is 32.0. The van der Waals surface area contributed by atoms with Gasteiger partial charge in [-0.15, -0.1) is 0 Å². The molecule has 12 nitrogen and oxygen atoms in total. The summed E-state index contributed by atoms with van der Waals surface area (Å²) in [6.07, 6.45) is 8.21. The number of rotatable bonds is 18. The van der Waals surface area contributed by atoms with Crippen molar-refractivity contribution >= 4 is 25.4 Å². The van der Waals surface area contributed by atoms with Gasteiger partial charge in [0, 0.05) is 58.7 Å². The van der Waals surface area contributed by atoms with Crippen LogP contribution in [-0.2, 0) is 23.7 Å². The van der Waals surface area contributed by atoms with Crippen LogP contribution in [0.1, 0.15) is 78.6 Å². The van der Waals surface area contributed by atoms with Crippen LogP contribution in [0.15, 0.2) is 0 Å². The Labute approximate surface area is 265 Å². The highest BCUT2D eigenvalue weighted by Gasteiger charge is 2.65. The average Bonchev–Trinajstić information content (AvgIpc) is 3.68. The minimum atomic E-state index is -0.0885. The van der Waals surface area contributed by atoms with Crippen LogP contribution in [0.3, 0.4) is 0 Å². The number of unbranched alkanes of at least 4 members (excludes halogenated alkanes) is 2. The molecule has 2 saturated heterocycles. The van der Waals surface area contributed by atoms with E-state index in [1.165, 1.54) is 12.8 Å². The van der Waals surface area contributed by atoms with Crippen molar-refractivity contribution in [2.24, 2.45) is 34.6 Å². The molecule has 5 aliphatic rings. The van der Waals surface area contributed by atoms with Crippen molar-refractivity contribution in [3.8, 4) is 0 Å². The van der Waals surface area contributed by atoms with Gasteiger partial charge in [0.2, 0.25) is 17.7 Å². The minimum absolute atomic E-state index is 0.00308. The van der Waals surface area contributed by atoms with Crippen LogP contribution in [0.4, 0.5) is 0 Å². The summed E-state index contributed by atoms with van der Waals surface area (Å²) in [5.41, 5.74) is 11.4. The molecule has 8 N–H and O–H groups in total. The first kappa shape index (κ1) is 36.7. The van der Waals surface area contributed by atoms with Crippen molar-refractivity contribution in [3.63, 3.8) is 0 Å². The molecule has 2 heterocycles. The second kappa shape index (κ2) is 18.4. The molecule has 0 aromatic rings. The number of nitrogens with two attached hydrogens (primary N) is 2. The van der Waals surface area contributed by atoms with Crippen LogP contribution >= 0.6 is 0 Å². The molecule has 44 heavy (non-hydrogen) atoms. The predicted molar refractivity (Wildman–Crippen MR) is 172 cm³/mol. The maximum Gasteiger partial charge on any atom is 0.488 e. The molecule has 3 saturated carbocycles. The summed E-state index contributed by atoms with van der Waals surface area (Å²) in [6.45, 7) is 13.3. The fraction of sp³-hybridized carbons (Fsp3) is 0.903. The van der Waals surface area contributed by atoms with Gasteiger partial charge >= 0.3 is 7.69 Å². The van der Waals surface area contributed by atoms with Crippen molar-refractivity contribution < 1.29 is 23.7 Å². The molecule has 0 aromatic heterocycles. The molecule has 5 rings (SSSR count). The Hall–Kier alpha value is -1.77. The molecule has 2 aliphatic heterocycles. The Balaban J connectivity index is 0.000000330. The lowest BCUT2D eigenvalue weighted by molar-refractivity contribution is -0.199. The molecule has 1 unspecified atom stereocenters. The standard InChI is InChI=1S/C21H43N7O3.C10H16BO2/c22-7-10-24-15-18(16-25-11-8-23)14-20(30)26-9-3-1-2-6-19(29)27-17-21(31)28-12-4-5-13-28;1-9(2)6-4-7(9)10(3)8(5-6)12-11-13-10/h18,24-25H,1-17,22-23H2,(H,26,30)(H,27,29);6-8H,4-5H2,1-3H3/t;6-,7-,8?,10-/m.0/s1. The molecule has 4 atom stereocenters. The molecule has 251 valence electrons. The topological polar surface area (TPSA) is 173 Å². The highest BCUT2D eigenvalue weighted by molar-refractivity contribution is 6.19. The number of amides is 3. The van der Waals surface area contributed by atoms with Gasteiger partial charge in [0.25, 0.3) is 0 Å². The number of nitrogens with one attached hydrogen (secondary N) is 4. The van der Waals surface area contributed by atoms with Crippen LogP contribution in [0.5, 0.6) is 0 Å². The van der Waals surface area contributed by atoms with Crippen molar-refractivity contribution in [2.75, 3.05) is 65.4 Å². The van der Waals surface area contributed by atoms with Gasteiger partial charge < -0.3 is 46.9 Å². The van der Waals surface area contributed by atoms with Crippen molar-refractivity contribution in [1.29, 1.82) is 0 Å². The van der Waals surface area contributed by atoms with Gasteiger partial charge in [0.1, 0.15) is 0 Å². The largest absolute Gasteiger partial charge is 0.488 e.